The summed E-state index contributed by atoms with van der Waals surface area (Å²) >= 11 is 0. The summed E-state index contributed by atoms with van der Waals surface area (Å²) < 4.78 is 7.50. The maximum absolute atomic E-state index is 14.5. The lowest BCUT2D eigenvalue weighted by molar-refractivity contribution is -0.124. The number of anilines is 1. The van der Waals surface area contributed by atoms with Gasteiger partial charge < -0.3 is 14.4 Å². The van der Waals surface area contributed by atoms with E-state index < -0.39 is 0 Å². The summed E-state index contributed by atoms with van der Waals surface area (Å²) in [4.78, 5) is 33.1. The van der Waals surface area contributed by atoms with Gasteiger partial charge in [0.15, 0.2) is 0 Å². The Morgan fingerprint density at radius 1 is 1.02 bits per heavy atom. The average Bonchev–Trinajstić information content (AvgIpc) is 3.56. The lowest BCUT2D eigenvalue weighted by Crippen LogP contribution is -2.51. The molecule has 2 heterocycles. The van der Waals surface area contributed by atoms with E-state index in [0.717, 1.165) is 93.4 Å². The SMILES string of the molecule is COc1ccc(C23CCC(CN(C(=O)C4CCC(CC(C)=O)CC4)c4ccnc(-c5cnn(C(C)C)c5)c4)(CC2)CC3)cc1C. The lowest BCUT2D eigenvalue weighted by atomic mass is 9.51. The summed E-state index contributed by atoms with van der Waals surface area (Å²) in [5.41, 5.74) is 5.76. The fourth-order valence-corrected chi connectivity index (χ4v) is 8.51. The highest BCUT2D eigenvalue weighted by Gasteiger charge is 2.50. The molecule has 240 valence electrons. The van der Waals surface area contributed by atoms with Gasteiger partial charge in [0.05, 0.1) is 19.0 Å². The molecule has 7 nitrogen and oxygen atoms in total. The van der Waals surface area contributed by atoms with Crippen LogP contribution in [0.3, 0.4) is 0 Å². The van der Waals surface area contributed by atoms with Gasteiger partial charge in [-0.15, -0.1) is 0 Å². The molecule has 0 saturated heterocycles. The van der Waals surface area contributed by atoms with Gasteiger partial charge in [0, 0.05) is 48.6 Å². The molecule has 0 aliphatic heterocycles. The number of carbonyl (C=O) groups excluding carboxylic acids is 2. The Labute approximate surface area is 268 Å². The molecule has 0 radical (unpaired) electrons. The highest BCUT2D eigenvalue weighted by Crippen LogP contribution is 2.58. The van der Waals surface area contributed by atoms with Crippen LogP contribution in [0.5, 0.6) is 5.75 Å². The van der Waals surface area contributed by atoms with Crippen molar-refractivity contribution in [2.75, 3.05) is 18.6 Å². The van der Waals surface area contributed by atoms with E-state index in [0.29, 0.717) is 12.3 Å². The molecule has 2 bridgehead atoms. The smallest absolute Gasteiger partial charge is 0.230 e. The van der Waals surface area contributed by atoms with Crippen molar-refractivity contribution in [1.29, 1.82) is 0 Å². The zero-order chi connectivity index (χ0) is 31.8. The van der Waals surface area contributed by atoms with Crippen molar-refractivity contribution < 1.29 is 14.3 Å². The molecule has 4 aliphatic rings. The Morgan fingerprint density at radius 2 is 1.73 bits per heavy atom. The van der Waals surface area contributed by atoms with Crippen molar-refractivity contribution in [3.63, 3.8) is 0 Å². The summed E-state index contributed by atoms with van der Waals surface area (Å²) in [5, 5.41) is 4.54. The molecule has 2 aromatic heterocycles. The van der Waals surface area contributed by atoms with Crippen molar-refractivity contribution in [1.82, 2.24) is 14.8 Å². The van der Waals surface area contributed by atoms with Crippen LogP contribution in [0, 0.1) is 24.2 Å². The maximum Gasteiger partial charge on any atom is 0.230 e. The predicted molar refractivity (Wildman–Crippen MR) is 178 cm³/mol. The second kappa shape index (κ2) is 12.7. The standard InChI is InChI=1S/C38H50N4O3/c1-26(2)42-24-31(23-40-42)34-22-33(12-19-39-34)41(36(44)30-8-6-29(7-9-30)21-28(4)43)25-37-13-16-38(17-14-37,18-15-37)32-10-11-35(45-5)27(3)20-32/h10-12,19-20,22-24,26,29-30H,6-9,13-18,21,25H2,1-5H3. The van der Waals surface area contributed by atoms with Gasteiger partial charge in [0.25, 0.3) is 0 Å². The number of benzene rings is 1. The summed E-state index contributed by atoms with van der Waals surface area (Å²) in [6.45, 7) is 8.81. The number of rotatable bonds is 10. The number of ketones is 1. The summed E-state index contributed by atoms with van der Waals surface area (Å²) in [6.07, 6.45) is 16.9. The molecular formula is C38H50N4O3. The first kappa shape index (κ1) is 31.5. The molecule has 4 saturated carbocycles. The number of aryl methyl sites for hydroxylation is 1. The minimum Gasteiger partial charge on any atom is -0.496 e. The Morgan fingerprint density at radius 3 is 2.33 bits per heavy atom. The first-order chi connectivity index (χ1) is 21.6. The third-order valence-corrected chi connectivity index (χ3v) is 11.4. The van der Waals surface area contributed by atoms with Crippen LogP contribution in [0.2, 0.25) is 0 Å². The monoisotopic (exact) mass is 610 g/mol. The fourth-order valence-electron chi connectivity index (χ4n) is 8.51. The Balaban J connectivity index is 1.25. The number of ether oxygens (including phenoxy) is 1. The molecule has 4 fully saturated rings. The minimum atomic E-state index is -0.00143. The van der Waals surface area contributed by atoms with Crippen molar-refractivity contribution in [3.8, 4) is 17.0 Å². The summed E-state index contributed by atoms with van der Waals surface area (Å²) in [6, 6.07) is 11.1. The highest BCUT2D eigenvalue weighted by molar-refractivity contribution is 5.95. The van der Waals surface area contributed by atoms with Crippen molar-refractivity contribution in [2.24, 2.45) is 17.3 Å². The molecule has 1 amide bonds. The Kier molecular flexibility index (Phi) is 8.91. The Hall–Kier alpha value is -3.48. The second-order valence-electron chi connectivity index (χ2n) is 14.7. The van der Waals surface area contributed by atoms with Crippen LogP contribution in [0.1, 0.15) is 109 Å². The lowest BCUT2D eigenvalue weighted by Gasteiger charge is -2.55. The number of hydrogen-bond acceptors (Lipinski definition) is 5. The van der Waals surface area contributed by atoms with E-state index in [1.54, 1.807) is 14.0 Å². The highest BCUT2D eigenvalue weighted by atomic mass is 16.5. The molecule has 1 aromatic carbocycles. The first-order valence-electron chi connectivity index (χ1n) is 17.1. The minimum absolute atomic E-state index is 0.00143. The third-order valence-electron chi connectivity index (χ3n) is 11.4. The van der Waals surface area contributed by atoms with Crippen LogP contribution in [-0.4, -0.2) is 40.1 Å². The number of methoxy groups -OCH3 is 1. The first-order valence-corrected chi connectivity index (χ1v) is 17.1. The maximum atomic E-state index is 14.5. The number of aromatic nitrogens is 3. The number of pyridine rings is 1. The van der Waals surface area contributed by atoms with E-state index in [1.807, 2.05) is 29.3 Å². The van der Waals surface area contributed by atoms with Gasteiger partial charge in [0.2, 0.25) is 5.91 Å². The van der Waals surface area contributed by atoms with Crippen LogP contribution in [0.25, 0.3) is 11.3 Å². The van der Waals surface area contributed by atoms with Crippen LogP contribution in [0.4, 0.5) is 5.69 Å². The van der Waals surface area contributed by atoms with E-state index in [1.165, 1.54) is 11.1 Å². The molecular weight excluding hydrogens is 560 g/mol. The average molecular weight is 611 g/mol. The van der Waals surface area contributed by atoms with Crippen molar-refractivity contribution >= 4 is 17.4 Å². The number of fused-ring (bicyclic) bond motifs is 3. The zero-order valence-electron chi connectivity index (χ0n) is 27.8. The summed E-state index contributed by atoms with van der Waals surface area (Å²) in [7, 11) is 1.74. The summed E-state index contributed by atoms with van der Waals surface area (Å²) in [5.74, 6) is 1.86. The molecule has 0 unspecified atom stereocenters. The Bertz CT molecular complexity index is 1510. The number of Topliss-reactive ketones (excluding diaryl/α,β-unsaturated/α-hetero) is 1. The normalized spacial score (nSPS) is 26.2. The topological polar surface area (TPSA) is 77.3 Å². The van der Waals surface area contributed by atoms with Gasteiger partial charge in [-0.25, -0.2) is 0 Å². The van der Waals surface area contributed by atoms with Crippen LogP contribution in [0.15, 0.2) is 48.9 Å². The van der Waals surface area contributed by atoms with Gasteiger partial charge in [-0.3, -0.25) is 14.5 Å². The van der Waals surface area contributed by atoms with Gasteiger partial charge in [0.1, 0.15) is 11.5 Å². The number of nitrogens with zero attached hydrogens (tertiary/aromatic N) is 4. The van der Waals surface area contributed by atoms with Crippen molar-refractivity contribution in [2.45, 2.75) is 110 Å². The van der Waals surface area contributed by atoms with Gasteiger partial charge in [-0.1, -0.05) is 12.1 Å². The molecule has 0 spiro atoms. The van der Waals surface area contributed by atoms with E-state index in [9.17, 15) is 9.59 Å². The number of amides is 1. The molecule has 7 rings (SSSR count). The van der Waals surface area contributed by atoms with E-state index in [4.69, 9.17) is 9.72 Å². The predicted octanol–water partition coefficient (Wildman–Crippen LogP) is 8.25. The molecule has 45 heavy (non-hydrogen) atoms. The van der Waals surface area contributed by atoms with E-state index in [-0.39, 0.29) is 34.5 Å². The van der Waals surface area contributed by atoms with Crippen LogP contribution < -0.4 is 9.64 Å². The molecule has 7 heteroatoms. The van der Waals surface area contributed by atoms with Crippen molar-refractivity contribution in [3.05, 3.63) is 60.0 Å². The fraction of sp³-hybridized carbons (Fsp3) is 0.579. The van der Waals surface area contributed by atoms with E-state index in [2.05, 4.69) is 55.0 Å². The van der Waals surface area contributed by atoms with Crippen LogP contribution in [-0.2, 0) is 15.0 Å². The van der Waals surface area contributed by atoms with E-state index >= 15 is 0 Å². The molecule has 3 aromatic rings. The van der Waals surface area contributed by atoms with Gasteiger partial charge in [-0.05, 0) is 138 Å². The molecule has 0 N–H and O–H groups in total. The quantitative estimate of drug-likeness (QED) is 0.231. The second-order valence-corrected chi connectivity index (χ2v) is 14.7. The van der Waals surface area contributed by atoms with Gasteiger partial charge >= 0.3 is 0 Å². The zero-order valence-corrected chi connectivity index (χ0v) is 27.8. The third kappa shape index (κ3) is 6.45. The molecule has 4 aliphatic carbocycles. The number of carbonyl (C=O) groups is 2. The van der Waals surface area contributed by atoms with Gasteiger partial charge in [-0.2, -0.15) is 5.10 Å². The molecule has 0 atom stereocenters. The number of hydrogen-bond donors (Lipinski definition) is 0. The largest absolute Gasteiger partial charge is 0.496 e. The van der Waals surface area contributed by atoms with Crippen LogP contribution >= 0.6 is 0 Å².